The van der Waals surface area contributed by atoms with E-state index in [1.165, 1.54) is 0 Å². The van der Waals surface area contributed by atoms with Crippen LogP contribution in [0, 0.1) is 0 Å². The number of carbonyl (C=O) groups is 2. The maximum Gasteiger partial charge on any atom is 0.255 e. The second-order valence-electron chi connectivity index (χ2n) is 7.07. The predicted octanol–water partition coefficient (Wildman–Crippen LogP) is 4.16. The minimum atomic E-state index is -0.445. The van der Waals surface area contributed by atoms with E-state index in [2.05, 4.69) is 21.0 Å². The fourth-order valence-corrected chi connectivity index (χ4v) is 2.84. The summed E-state index contributed by atoms with van der Waals surface area (Å²) >= 11 is 0. The number of benzene rings is 2. The summed E-state index contributed by atoms with van der Waals surface area (Å²) in [6, 6.07) is 16.0. The van der Waals surface area contributed by atoms with Gasteiger partial charge in [0.1, 0.15) is 6.04 Å². The van der Waals surface area contributed by atoms with E-state index in [9.17, 15) is 9.59 Å². The average molecular weight is 391 g/mol. The molecule has 1 atom stereocenters. The van der Waals surface area contributed by atoms with E-state index >= 15 is 0 Å². The quantitative estimate of drug-likeness (QED) is 0.564. The lowest BCUT2D eigenvalue weighted by molar-refractivity contribution is -0.119. The third kappa shape index (κ3) is 5.44. The summed E-state index contributed by atoms with van der Waals surface area (Å²) in [5.41, 5.74) is 2.64. The van der Waals surface area contributed by atoms with Gasteiger partial charge in [0, 0.05) is 41.1 Å². The Morgan fingerprint density at radius 3 is 2.28 bits per heavy atom. The van der Waals surface area contributed by atoms with Gasteiger partial charge in [-0.1, -0.05) is 12.1 Å². The lowest BCUT2D eigenvalue weighted by atomic mass is 10.1. The summed E-state index contributed by atoms with van der Waals surface area (Å²) in [5.74, 6) is -0.407. The van der Waals surface area contributed by atoms with Gasteiger partial charge in [-0.05, 0) is 63.2 Å². The highest BCUT2D eigenvalue weighted by molar-refractivity contribution is 6.05. The molecular formula is C22H25N5O2. The Hall–Kier alpha value is -3.61. The molecule has 0 saturated carbocycles. The SMILES string of the molecule is CC(C)Nc1cccc(C(=O)Nc2cccc(NC(=O)C(C)n3cccn3)c2)c1. The Kier molecular flexibility index (Phi) is 6.29. The van der Waals surface area contributed by atoms with E-state index in [1.807, 2.05) is 32.0 Å². The van der Waals surface area contributed by atoms with E-state index in [0.717, 1.165) is 5.69 Å². The molecule has 3 rings (SSSR count). The van der Waals surface area contributed by atoms with Crippen molar-refractivity contribution in [1.29, 1.82) is 0 Å². The second kappa shape index (κ2) is 9.05. The van der Waals surface area contributed by atoms with Gasteiger partial charge < -0.3 is 16.0 Å². The molecule has 3 aromatic rings. The number of amides is 2. The van der Waals surface area contributed by atoms with Crippen LogP contribution < -0.4 is 16.0 Å². The van der Waals surface area contributed by atoms with Crippen molar-refractivity contribution in [3.63, 3.8) is 0 Å². The number of nitrogens with one attached hydrogen (secondary N) is 3. The van der Waals surface area contributed by atoms with Crippen LogP contribution in [0.4, 0.5) is 17.1 Å². The molecule has 0 spiro atoms. The summed E-state index contributed by atoms with van der Waals surface area (Å²) in [4.78, 5) is 25.0. The summed E-state index contributed by atoms with van der Waals surface area (Å²) in [6.07, 6.45) is 3.37. The first-order valence-electron chi connectivity index (χ1n) is 9.50. The normalized spacial score (nSPS) is 11.7. The van der Waals surface area contributed by atoms with E-state index in [1.54, 1.807) is 60.4 Å². The molecule has 150 valence electrons. The van der Waals surface area contributed by atoms with Crippen molar-refractivity contribution >= 4 is 28.9 Å². The first-order chi connectivity index (χ1) is 13.9. The van der Waals surface area contributed by atoms with Crippen LogP contribution in [0.25, 0.3) is 0 Å². The van der Waals surface area contributed by atoms with Crippen molar-refractivity contribution in [1.82, 2.24) is 9.78 Å². The van der Waals surface area contributed by atoms with Crippen LogP contribution in [0.15, 0.2) is 67.0 Å². The Balaban J connectivity index is 1.66. The van der Waals surface area contributed by atoms with E-state index < -0.39 is 6.04 Å². The summed E-state index contributed by atoms with van der Waals surface area (Å²) in [7, 11) is 0. The van der Waals surface area contributed by atoms with Crippen LogP contribution in [0.2, 0.25) is 0 Å². The molecule has 0 saturated heterocycles. The fraction of sp³-hybridized carbons (Fsp3) is 0.227. The first-order valence-corrected chi connectivity index (χ1v) is 9.50. The Morgan fingerprint density at radius 2 is 1.59 bits per heavy atom. The predicted molar refractivity (Wildman–Crippen MR) is 115 cm³/mol. The summed E-state index contributed by atoms with van der Waals surface area (Å²) < 4.78 is 1.58. The third-order valence-corrected chi connectivity index (χ3v) is 4.27. The average Bonchev–Trinajstić information content (AvgIpc) is 3.22. The summed E-state index contributed by atoms with van der Waals surface area (Å²) in [6.45, 7) is 5.85. The monoisotopic (exact) mass is 391 g/mol. The van der Waals surface area contributed by atoms with Crippen molar-refractivity contribution in [3.8, 4) is 0 Å². The van der Waals surface area contributed by atoms with Crippen LogP contribution in [-0.4, -0.2) is 27.6 Å². The molecule has 1 heterocycles. The third-order valence-electron chi connectivity index (χ3n) is 4.27. The second-order valence-corrected chi connectivity index (χ2v) is 7.07. The van der Waals surface area contributed by atoms with Gasteiger partial charge in [-0.2, -0.15) is 5.10 Å². The molecule has 0 radical (unpaired) electrons. The molecule has 3 N–H and O–H groups in total. The Labute approximate surface area is 170 Å². The lowest BCUT2D eigenvalue weighted by Gasteiger charge is -2.14. The van der Waals surface area contributed by atoms with Gasteiger partial charge in [-0.15, -0.1) is 0 Å². The highest BCUT2D eigenvalue weighted by Crippen LogP contribution is 2.19. The molecular weight excluding hydrogens is 366 g/mol. The van der Waals surface area contributed by atoms with Crippen molar-refractivity contribution in [2.75, 3.05) is 16.0 Å². The molecule has 1 unspecified atom stereocenters. The van der Waals surface area contributed by atoms with Crippen LogP contribution in [-0.2, 0) is 4.79 Å². The first kappa shape index (κ1) is 20.1. The van der Waals surface area contributed by atoms with Gasteiger partial charge in [-0.3, -0.25) is 14.3 Å². The minimum Gasteiger partial charge on any atom is -0.383 e. The van der Waals surface area contributed by atoms with Crippen molar-refractivity contribution < 1.29 is 9.59 Å². The zero-order chi connectivity index (χ0) is 20.8. The number of anilines is 3. The zero-order valence-corrected chi connectivity index (χ0v) is 16.7. The standard InChI is InChI=1S/C22H25N5O2/c1-15(2)24-18-8-4-7-17(13-18)22(29)26-20-10-5-9-19(14-20)25-21(28)16(3)27-12-6-11-23-27/h4-16,24H,1-3H3,(H,25,28)(H,26,29). The highest BCUT2D eigenvalue weighted by Gasteiger charge is 2.15. The maximum absolute atomic E-state index is 12.6. The van der Waals surface area contributed by atoms with Gasteiger partial charge in [0.05, 0.1) is 0 Å². The van der Waals surface area contributed by atoms with Gasteiger partial charge >= 0.3 is 0 Å². The van der Waals surface area contributed by atoms with Crippen LogP contribution >= 0.6 is 0 Å². The van der Waals surface area contributed by atoms with Crippen molar-refractivity contribution in [3.05, 3.63) is 72.6 Å². The van der Waals surface area contributed by atoms with Crippen LogP contribution in [0.5, 0.6) is 0 Å². The van der Waals surface area contributed by atoms with E-state index in [4.69, 9.17) is 0 Å². The topological polar surface area (TPSA) is 88.0 Å². The van der Waals surface area contributed by atoms with Gasteiger partial charge in [0.2, 0.25) is 5.91 Å². The molecule has 7 nitrogen and oxygen atoms in total. The number of rotatable bonds is 7. The van der Waals surface area contributed by atoms with Gasteiger partial charge in [0.25, 0.3) is 5.91 Å². The molecule has 0 aliphatic rings. The minimum absolute atomic E-state index is 0.190. The molecule has 0 fully saturated rings. The zero-order valence-electron chi connectivity index (χ0n) is 16.7. The number of hydrogen-bond acceptors (Lipinski definition) is 4. The highest BCUT2D eigenvalue weighted by atomic mass is 16.2. The number of aromatic nitrogens is 2. The smallest absolute Gasteiger partial charge is 0.255 e. The largest absolute Gasteiger partial charge is 0.383 e. The van der Waals surface area contributed by atoms with Crippen molar-refractivity contribution in [2.45, 2.75) is 32.9 Å². The molecule has 7 heteroatoms. The molecule has 1 aromatic heterocycles. The number of hydrogen-bond donors (Lipinski definition) is 3. The van der Waals surface area contributed by atoms with Crippen LogP contribution in [0.1, 0.15) is 37.2 Å². The molecule has 0 aliphatic carbocycles. The maximum atomic E-state index is 12.6. The van der Waals surface area contributed by atoms with Crippen molar-refractivity contribution in [2.24, 2.45) is 0 Å². The molecule has 2 amide bonds. The Bertz CT molecular complexity index is 982. The number of carbonyl (C=O) groups excluding carboxylic acids is 2. The van der Waals surface area contributed by atoms with E-state index in [-0.39, 0.29) is 17.9 Å². The Morgan fingerprint density at radius 1 is 0.897 bits per heavy atom. The number of nitrogens with zero attached hydrogens (tertiary/aromatic N) is 2. The van der Waals surface area contributed by atoms with Crippen LogP contribution in [0.3, 0.4) is 0 Å². The van der Waals surface area contributed by atoms with E-state index in [0.29, 0.717) is 16.9 Å². The molecule has 0 aliphatic heterocycles. The van der Waals surface area contributed by atoms with Gasteiger partial charge in [-0.25, -0.2) is 0 Å². The lowest BCUT2D eigenvalue weighted by Crippen LogP contribution is -2.24. The fourth-order valence-electron chi connectivity index (χ4n) is 2.84. The molecule has 29 heavy (non-hydrogen) atoms. The van der Waals surface area contributed by atoms with Gasteiger partial charge in [0.15, 0.2) is 0 Å². The molecule has 0 bridgehead atoms. The summed E-state index contributed by atoms with van der Waals surface area (Å²) in [5, 5.41) is 13.1. The molecule has 2 aromatic carbocycles.